The maximum absolute atomic E-state index is 12.2. The second-order valence-corrected chi connectivity index (χ2v) is 3.82. The van der Waals surface area contributed by atoms with Crippen LogP contribution in [-0.2, 0) is 9.59 Å². The molecule has 0 atom stereocenters. The summed E-state index contributed by atoms with van der Waals surface area (Å²) in [5.74, 6) is -2.18. The van der Waals surface area contributed by atoms with Crippen molar-refractivity contribution in [2.45, 2.75) is 25.1 Å². The summed E-state index contributed by atoms with van der Waals surface area (Å²) in [4.78, 5) is 23.3. The molecule has 0 unspecified atom stereocenters. The second kappa shape index (κ2) is 5.35. The van der Waals surface area contributed by atoms with Gasteiger partial charge in [-0.05, 0) is 12.8 Å². The highest BCUT2D eigenvalue weighted by Crippen LogP contribution is 2.30. The SMILES string of the molecule is NCCNC(=O)C(=O)N(CC(F)(F)F)C1CC1. The molecular weight excluding hydrogens is 239 g/mol. The van der Waals surface area contributed by atoms with Crippen molar-refractivity contribution in [1.29, 1.82) is 0 Å². The molecule has 3 N–H and O–H groups in total. The number of alkyl halides is 3. The highest BCUT2D eigenvalue weighted by atomic mass is 19.4. The lowest BCUT2D eigenvalue weighted by atomic mass is 10.4. The van der Waals surface area contributed by atoms with E-state index in [0.717, 1.165) is 0 Å². The lowest BCUT2D eigenvalue weighted by Crippen LogP contribution is -2.48. The fourth-order valence-electron chi connectivity index (χ4n) is 1.34. The molecule has 0 aromatic carbocycles. The molecule has 0 aliphatic heterocycles. The van der Waals surface area contributed by atoms with Gasteiger partial charge in [0.1, 0.15) is 6.54 Å². The van der Waals surface area contributed by atoms with Crippen LogP contribution in [0.5, 0.6) is 0 Å². The zero-order valence-electron chi connectivity index (χ0n) is 9.09. The summed E-state index contributed by atoms with van der Waals surface area (Å²) in [5.41, 5.74) is 5.11. The number of hydrogen-bond donors (Lipinski definition) is 2. The summed E-state index contributed by atoms with van der Waals surface area (Å²) in [7, 11) is 0. The maximum atomic E-state index is 12.2. The molecule has 0 bridgehead atoms. The molecule has 5 nitrogen and oxygen atoms in total. The minimum absolute atomic E-state index is 0.0646. The van der Waals surface area contributed by atoms with Crippen LogP contribution in [0.3, 0.4) is 0 Å². The summed E-state index contributed by atoms with van der Waals surface area (Å²) in [6, 6.07) is -0.465. The molecule has 1 aliphatic carbocycles. The second-order valence-electron chi connectivity index (χ2n) is 3.82. The summed E-state index contributed by atoms with van der Waals surface area (Å²) < 4.78 is 36.7. The zero-order chi connectivity index (χ0) is 13.1. The first-order chi connectivity index (χ1) is 7.85. The Morgan fingerprint density at radius 2 is 1.94 bits per heavy atom. The summed E-state index contributed by atoms with van der Waals surface area (Å²) in [6.07, 6.45) is -3.48. The molecule has 1 fully saturated rings. The normalized spacial score (nSPS) is 15.5. The molecule has 8 heteroatoms. The molecule has 0 spiro atoms. The molecular formula is C9H14F3N3O2. The van der Waals surface area contributed by atoms with E-state index in [2.05, 4.69) is 5.32 Å². The van der Waals surface area contributed by atoms with Gasteiger partial charge >= 0.3 is 18.0 Å². The van der Waals surface area contributed by atoms with Crippen LogP contribution in [0.4, 0.5) is 13.2 Å². The van der Waals surface area contributed by atoms with E-state index >= 15 is 0 Å². The minimum atomic E-state index is -4.49. The van der Waals surface area contributed by atoms with Gasteiger partial charge in [-0.2, -0.15) is 13.2 Å². The number of amides is 2. The monoisotopic (exact) mass is 253 g/mol. The number of nitrogens with two attached hydrogens (primary N) is 1. The molecule has 0 radical (unpaired) electrons. The summed E-state index contributed by atoms with van der Waals surface area (Å²) in [6.45, 7) is -1.19. The fraction of sp³-hybridized carbons (Fsp3) is 0.778. The van der Waals surface area contributed by atoms with Crippen molar-refractivity contribution in [2.75, 3.05) is 19.6 Å². The Bertz CT molecular complexity index is 302. The Morgan fingerprint density at radius 1 is 1.35 bits per heavy atom. The van der Waals surface area contributed by atoms with Gasteiger partial charge in [0.15, 0.2) is 0 Å². The van der Waals surface area contributed by atoms with Crippen LogP contribution >= 0.6 is 0 Å². The molecule has 1 rings (SSSR count). The average molecular weight is 253 g/mol. The Kier molecular flexibility index (Phi) is 4.33. The third-order valence-corrected chi connectivity index (χ3v) is 2.22. The van der Waals surface area contributed by atoms with Crippen LogP contribution in [0.25, 0.3) is 0 Å². The molecule has 0 saturated heterocycles. The van der Waals surface area contributed by atoms with Crippen LogP contribution in [0, 0.1) is 0 Å². The largest absolute Gasteiger partial charge is 0.406 e. The van der Waals surface area contributed by atoms with Gasteiger partial charge in [0.2, 0.25) is 0 Å². The number of nitrogens with one attached hydrogen (secondary N) is 1. The van der Waals surface area contributed by atoms with E-state index < -0.39 is 30.6 Å². The number of carbonyl (C=O) groups excluding carboxylic acids is 2. The van der Waals surface area contributed by atoms with Gasteiger partial charge in [0, 0.05) is 19.1 Å². The van der Waals surface area contributed by atoms with Crippen molar-refractivity contribution in [1.82, 2.24) is 10.2 Å². The number of carbonyl (C=O) groups is 2. The molecule has 1 aliphatic rings. The van der Waals surface area contributed by atoms with Crippen LogP contribution < -0.4 is 11.1 Å². The quantitative estimate of drug-likeness (QED) is 0.670. The Labute approximate surface area is 96.1 Å². The lowest BCUT2D eigenvalue weighted by Gasteiger charge is -2.22. The Morgan fingerprint density at radius 3 is 2.35 bits per heavy atom. The van der Waals surface area contributed by atoms with Crippen molar-refractivity contribution in [2.24, 2.45) is 5.73 Å². The van der Waals surface area contributed by atoms with Crippen LogP contribution in [-0.4, -0.2) is 48.6 Å². The van der Waals surface area contributed by atoms with E-state index in [1.165, 1.54) is 0 Å². The van der Waals surface area contributed by atoms with Gasteiger partial charge in [0.25, 0.3) is 0 Å². The van der Waals surface area contributed by atoms with E-state index in [1.807, 2.05) is 0 Å². The molecule has 98 valence electrons. The van der Waals surface area contributed by atoms with Crippen molar-refractivity contribution in [3.8, 4) is 0 Å². The van der Waals surface area contributed by atoms with Gasteiger partial charge in [-0.15, -0.1) is 0 Å². The molecule has 17 heavy (non-hydrogen) atoms. The molecule has 0 heterocycles. The predicted molar refractivity (Wildman–Crippen MR) is 52.9 cm³/mol. The first-order valence-electron chi connectivity index (χ1n) is 5.21. The Balaban J connectivity index is 2.58. The first-order valence-corrected chi connectivity index (χ1v) is 5.21. The van der Waals surface area contributed by atoms with Crippen molar-refractivity contribution >= 4 is 11.8 Å². The number of halogens is 3. The molecule has 0 aromatic rings. The highest BCUT2D eigenvalue weighted by molar-refractivity contribution is 6.35. The standard InChI is InChI=1S/C9H14F3N3O2/c10-9(11,12)5-15(6-1-2-6)8(17)7(16)14-4-3-13/h6H,1-5,13H2,(H,14,16). The minimum Gasteiger partial charge on any atom is -0.347 e. The smallest absolute Gasteiger partial charge is 0.347 e. The van der Waals surface area contributed by atoms with Crippen molar-refractivity contribution in [3.63, 3.8) is 0 Å². The third-order valence-electron chi connectivity index (χ3n) is 2.22. The van der Waals surface area contributed by atoms with Crippen molar-refractivity contribution < 1.29 is 22.8 Å². The average Bonchev–Trinajstić information content (AvgIpc) is 3.04. The van der Waals surface area contributed by atoms with Gasteiger partial charge in [-0.3, -0.25) is 9.59 Å². The van der Waals surface area contributed by atoms with E-state index in [1.54, 1.807) is 0 Å². The number of rotatable bonds is 4. The summed E-state index contributed by atoms with van der Waals surface area (Å²) >= 11 is 0. The first kappa shape index (κ1) is 13.8. The third kappa shape index (κ3) is 4.59. The molecule has 0 aromatic heterocycles. The van der Waals surface area contributed by atoms with E-state index in [9.17, 15) is 22.8 Å². The lowest BCUT2D eigenvalue weighted by molar-refractivity contribution is -0.165. The van der Waals surface area contributed by atoms with Gasteiger partial charge in [-0.1, -0.05) is 0 Å². The maximum Gasteiger partial charge on any atom is 0.406 e. The van der Waals surface area contributed by atoms with E-state index in [0.29, 0.717) is 17.7 Å². The predicted octanol–water partition coefficient (Wildman–Crippen LogP) is -0.385. The Hall–Kier alpha value is -1.31. The van der Waals surface area contributed by atoms with Crippen molar-refractivity contribution in [3.05, 3.63) is 0 Å². The fourth-order valence-corrected chi connectivity index (χ4v) is 1.34. The molecule has 1 saturated carbocycles. The zero-order valence-corrected chi connectivity index (χ0v) is 9.09. The van der Waals surface area contributed by atoms with Crippen LogP contribution in [0.15, 0.2) is 0 Å². The van der Waals surface area contributed by atoms with Gasteiger partial charge in [0.05, 0.1) is 0 Å². The topological polar surface area (TPSA) is 75.4 Å². The van der Waals surface area contributed by atoms with Gasteiger partial charge in [-0.25, -0.2) is 0 Å². The summed E-state index contributed by atoms with van der Waals surface area (Å²) in [5, 5.41) is 2.16. The van der Waals surface area contributed by atoms with E-state index in [4.69, 9.17) is 5.73 Å². The van der Waals surface area contributed by atoms with E-state index in [-0.39, 0.29) is 13.1 Å². The van der Waals surface area contributed by atoms with Crippen LogP contribution in [0.1, 0.15) is 12.8 Å². The highest BCUT2D eigenvalue weighted by Gasteiger charge is 2.42. The molecule has 2 amide bonds. The number of hydrogen-bond acceptors (Lipinski definition) is 3. The van der Waals surface area contributed by atoms with Gasteiger partial charge < -0.3 is 16.0 Å². The number of nitrogens with zero attached hydrogens (tertiary/aromatic N) is 1. The van der Waals surface area contributed by atoms with Crippen LogP contribution in [0.2, 0.25) is 0 Å².